The van der Waals surface area contributed by atoms with Crippen molar-refractivity contribution in [3.8, 4) is 0 Å². The summed E-state index contributed by atoms with van der Waals surface area (Å²) in [5.74, 6) is -3.48. The van der Waals surface area contributed by atoms with E-state index in [1.807, 2.05) is 21.6 Å². The SMILES string of the molecule is O=C(O)CN1CCN(CC(=O)O)CCN(CC(NC(=O)CCCCC2CCSS2)C(=O)O)CCN(CC(=O)O)CC1. The van der Waals surface area contributed by atoms with Crippen LogP contribution >= 0.6 is 21.6 Å². The Bertz CT molecular complexity index is 846. The number of hydrogen-bond acceptors (Lipinski definition) is 11. The summed E-state index contributed by atoms with van der Waals surface area (Å²) in [6.45, 7) is 1.36. The molecule has 41 heavy (non-hydrogen) atoms. The van der Waals surface area contributed by atoms with E-state index in [0.717, 1.165) is 18.6 Å². The van der Waals surface area contributed by atoms with Gasteiger partial charge in [-0.05, 0) is 19.3 Å². The molecule has 2 unspecified atom stereocenters. The fraction of sp³-hybridized carbons (Fsp3) is 0.800. The number of carbonyl (C=O) groups is 5. The van der Waals surface area contributed by atoms with Gasteiger partial charge in [-0.2, -0.15) is 0 Å². The van der Waals surface area contributed by atoms with E-state index in [-0.39, 0.29) is 90.9 Å². The van der Waals surface area contributed by atoms with Gasteiger partial charge in [0.25, 0.3) is 0 Å². The third-order valence-corrected chi connectivity index (χ3v) is 9.99. The number of nitrogens with zero attached hydrogens (tertiary/aromatic N) is 4. The number of hydrogen-bond donors (Lipinski definition) is 5. The summed E-state index contributed by atoms with van der Waals surface area (Å²) in [4.78, 5) is 65.6. The fourth-order valence-corrected chi connectivity index (χ4v) is 7.77. The van der Waals surface area contributed by atoms with Crippen LogP contribution < -0.4 is 5.32 Å². The Kier molecular flexibility index (Phi) is 16.4. The smallest absolute Gasteiger partial charge is 0.327 e. The van der Waals surface area contributed by atoms with Gasteiger partial charge in [-0.25, -0.2) is 4.79 Å². The summed E-state index contributed by atoms with van der Waals surface area (Å²) in [7, 11) is 3.76. The first-order valence-corrected chi connectivity index (χ1v) is 16.2. The Labute approximate surface area is 248 Å². The van der Waals surface area contributed by atoms with Gasteiger partial charge in [0, 0.05) is 76.3 Å². The van der Waals surface area contributed by atoms with E-state index < -0.39 is 29.9 Å². The van der Waals surface area contributed by atoms with Crippen molar-refractivity contribution in [2.24, 2.45) is 0 Å². The maximum atomic E-state index is 12.6. The van der Waals surface area contributed by atoms with E-state index >= 15 is 0 Å². The second-order valence-electron chi connectivity index (χ2n) is 10.3. The molecule has 0 aromatic heterocycles. The predicted octanol–water partition coefficient (Wildman–Crippen LogP) is -0.255. The maximum absolute atomic E-state index is 12.6. The van der Waals surface area contributed by atoms with Crippen LogP contribution in [0.5, 0.6) is 0 Å². The second-order valence-corrected chi connectivity index (χ2v) is 13.1. The molecular formula is C25H43N5O9S2. The first-order chi connectivity index (χ1) is 19.5. The number of amides is 1. The molecule has 2 aliphatic rings. The molecule has 0 aromatic carbocycles. The molecule has 1 amide bonds. The Morgan fingerprint density at radius 2 is 1.17 bits per heavy atom. The van der Waals surface area contributed by atoms with Crippen LogP contribution in [0.25, 0.3) is 0 Å². The monoisotopic (exact) mass is 621 g/mol. The Morgan fingerprint density at radius 3 is 1.56 bits per heavy atom. The van der Waals surface area contributed by atoms with E-state index in [2.05, 4.69) is 5.32 Å². The highest BCUT2D eigenvalue weighted by molar-refractivity contribution is 8.77. The van der Waals surface area contributed by atoms with Crippen molar-refractivity contribution in [1.82, 2.24) is 24.9 Å². The Morgan fingerprint density at radius 1 is 0.707 bits per heavy atom. The van der Waals surface area contributed by atoms with Gasteiger partial charge in [-0.1, -0.05) is 28.0 Å². The van der Waals surface area contributed by atoms with E-state index in [1.165, 1.54) is 6.42 Å². The lowest BCUT2D eigenvalue weighted by atomic mass is 10.1. The molecule has 2 fully saturated rings. The average molecular weight is 622 g/mol. The van der Waals surface area contributed by atoms with Crippen LogP contribution in [0, 0.1) is 0 Å². The average Bonchev–Trinajstić information content (AvgIpc) is 3.40. The number of unbranched alkanes of at least 4 members (excludes halogenated alkanes) is 1. The van der Waals surface area contributed by atoms with Crippen molar-refractivity contribution < 1.29 is 44.4 Å². The molecule has 0 radical (unpaired) electrons. The first kappa shape index (κ1) is 35.1. The van der Waals surface area contributed by atoms with Crippen LogP contribution in [-0.4, -0.2) is 165 Å². The number of rotatable bonds is 15. The lowest BCUT2D eigenvalue weighted by Gasteiger charge is -2.34. The van der Waals surface area contributed by atoms with E-state index in [1.54, 1.807) is 19.6 Å². The minimum absolute atomic E-state index is 0.0238. The number of carboxylic acid groups (broad SMARTS) is 4. The third kappa shape index (κ3) is 15.6. The summed E-state index contributed by atoms with van der Waals surface area (Å²) in [5, 5.41) is 41.1. The summed E-state index contributed by atoms with van der Waals surface area (Å²) in [5.41, 5.74) is 0. The zero-order valence-corrected chi connectivity index (χ0v) is 25.0. The number of aliphatic carboxylic acids is 4. The molecule has 2 heterocycles. The molecule has 2 aliphatic heterocycles. The van der Waals surface area contributed by atoms with Crippen molar-refractivity contribution in [2.75, 3.05) is 84.3 Å². The second kappa shape index (κ2) is 19.2. The highest BCUT2D eigenvalue weighted by Gasteiger charge is 2.26. The standard InChI is InChI=1S/C25H43N5O9S2/c31-21(4-2-1-3-19-5-14-40-41-19)26-20(25(38)39)15-27-6-8-28(16-22(32)33)10-12-30(18-24(36)37)13-11-29(9-7-27)17-23(34)35/h19-20H,1-18H2,(H,26,31)(H,32,33)(H,34,35)(H,36,37)(H,38,39). The number of carbonyl (C=O) groups excluding carboxylic acids is 1. The third-order valence-electron chi connectivity index (χ3n) is 6.99. The summed E-state index contributed by atoms with van der Waals surface area (Å²) in [6, 6.07) is -1.18. The van der Waals surface area contributed by atoms with Crippen molar-refractivity contribution >= 4 is 51.4 Å². The quantitative estimate of drug-likeness (QED) is 0.119. The van der Waals surface area contributed by atoms with Gasteiger partial charge in [-0.15, -0.1) is 0 Å². The lowest BCUT2D eigenvalue weighted by molar-refractivity contribution is -0.142. The van der Waals surface area contributed by atoms with Gasteiger partial charge in [0.2, 0.25) is 5.91 Å². The van der Waals surface area contributed by atoms with Crippen molar-refractivity contribution in [1.29, 1.82) is 0 Å². The van der Waals surface area contributed by atoms with Gasteiger partial charge in [-0.3, -0.25) is 38.8 Å². The molecule has 0 aromatic rings. The van der Waals surface area contributed by atoms with Crippen LogP contribution in [0.4, 0.5) is 0 Å². The van der Waals surface area contributed by atoms with Gasteiger partial charge >= 0.3 is 23.9 Å². The lowest BCUT2D eigenvalue weighted by Crippen LogP contribution is -2.52. The van der Waals surface area contributed by atoms with Gasteiger partial charge in [0.1, 0.15) is 6.04 Å². The van der Waals surface area contributed by atoms with Gasteiger partial charge < -0.3 is 25.7 Å². The van der Waals surface area contributed by atoms with Crippen molar-refractivity contribution in [3.05, 3.63) is 0 Å². The topological polar surface area (TPSA) is 191 Å². The molecule has 234 valence electrons. The van der Waals surface area contributed by atoms with E-state index in [0.29, 0.717) is 11.7 Å². The highest BCUT2D eigenvalue weighted by Crippen LogP contribution is 2.39. The Balaban J connectivity index is 2.03. The molecule has 0 saturated carbocycles. The molecule has 2 saturated heterocycles. The summed E-state index contributed by atoms with van der Waals surface area (Å²) >= 11 is 0. The maximum Gasteiger partial charge on any atom is 0.327 e. The van der Waals surface area contributed by atoms with E-state index in [4.69, 9.17) is 0 Å². The number of nitrogens with one attached hydrogen (secondary N) is 1. The van der Waals surface area contributed by atoms with Crippen LogP contribution in [0.3, 0.4) is 0 Å². The molecule has 2 atom stereocenters. The van der Waals surface area contributed by atoms with Crippen LogP contribution in [0.1, 0.15) is 32.1 Å². The van der Waals surface area contributed by atoms with Gasteiger partial charge in [0.15, 0.2) is 0 Å². The van der Waals surface area contributed by atoms with Crippen molar-refractivity contribution in [2.45, 2.75) is 43.4 Å². The van der Waals surface area contributed by atoms with Crippen molar-refractivity contribution in [3.63, 3.8) is 0 Å². The molecule has 0 bridgehead atoms. The molecule has 16 heteroatoms. The molecule has 5 N–H and O–H groups in total. The molecular weight excluding hydrogens is 578 g/mol. The van der Waals surface area contributed by atoms with E-state index in [9.17, 15) is 44.4 Å². The summed E-state index contributed by atoms with van der Waals surface area (Å²) in [6.07, 6.45) is 4.02. The zero-order valence-electron chi connectivity index (χ0n) is 23.3. The first-order valence-electron chi connectivity index (χ1n) is 13.9. The Hall–Kier alpha value is -2.11. The normalized spacial score (nSPS) is 21.4. The zero-order chi connectivity index (χ0) is 30.2. The van der Waals surface area contributed by atoms with Crippen LogP contribution in [-0.2, 0) is 24.0 Å². The molecule has 0 spiro atoms. The molecule has 14 nitrogen and oxygen atoms in total. The largest absolute Gasteiger partial charge is 0.480 e. The minimum atomic E-state index is -1.18. The van der Waals surface area contributed by atoms with Crippen LogP contribution in [0.15, 0.2) is 0 Å². The highest BCUT2D eigenvalue weighted by atomic mass is 33.1. The molecule has 0 aliphatic carbocycles. The summed E-state index contributed by atoms with van der Waals surface area (Å²) < 4.78 is 0. The van der Waals surface area contributed by atoms with Gasteiger partial charge in [0.05, 0.1) is 19.6 Å². The predicted molar refractivity (Wildman–Crippen MR) is 155 cm³/mol. The van der Waals surface area contributed by atoms with Crippen LogP contribution in [0.2, 0.25) is 0 Å². The number of carboxylic acids is 4. The minimum Gasteiger partial charge on any atom is -0.480 e. The molecule has 2 rings (SSSR count). The fourth-order valence-electron chi connectivity index (χ4n) is 4.74.